The molecule has 1 N–H and O–H groups in total. The molecule has 4 nitrogen and oxygen atoms in total. The lowest BCUT2D eigenvalue weighted by Crippen LogP contribution is -2.37. The third kappa shape index (κ3) is 2.99. The monoisotopic (exact) mass is 305 g/mol. The minimum absolute atomic E-state index is 0.256. The van der Waals surface area contributed by atoms with Crippen molar-refractivity contribution in [2.24, 2.45) is 0 Å². The Morgan fingerprint density at radius 2 is 2.10 bits per heavy atom. The van der Waals surface area contributed by atoms with E-state index >= 15 is 0 Å². The van der Waals surface area contributed by atoms with Gasteiger partial charge in [-0.1, -0.05) is 0 Å². The molecule has 0 saturated carbocycles. The van der Waals surface area contributed by atoms with Gasteiger partial charge in [0.05, 0.1) is 11.0 Å². The second-order valence-electron chi connectivity index (χ2n) is 5.07. The third-order valence-electron chi connectivity index (χ3n) is 3.43. The van der Waals surface area contributed by atoms with Crippen LogP contribution in [-0.4, -0.2) is 36.5 Å². The van der Waals surface area contributed by atoms with Crippen LogP contribution in [0.2, 0.25) is 0 Å². The normalized spacial score (nSPS) is 22.1. The first-order valence-electron chi connectivity index (χ1n) is 6.47. The highest BCUT2D eigenvalue weighted by atomic mass is 32.2. The lowest BCUT2D eigenvalue weighted by atomic mass is 10.1. The fourth-order valence-electron chi connectivity index (χ4n) is 2.53. The number of rotatable bonds is 4. The molecule has 2 unspecified atom stereocenters. The first kappa shape index (κ1) is 15.3. The highest BCUT2D eigenvalue weighted by Gasteiger charge is 2.36. The number of benzene rings is 1. The zero-order valence-electron chi connectivity index (χ0n) is 11.1. The summed E-state index contributed by atoms with van der Waals surface area (Å²) in [4.78, 5) is -0.256. The number of aliphatic hydroxyl groups excluding tert-OH is 1. The fourth-order valence-corrected chi connectivity index (χ4v) is 4.24. The molecule has 0 spiro atoms. The quantitative estimate of drug-likeness (QED) is 0.924. The summed E-state index contributed by atoms with van der Waals surface area (Å²) in [7, 11) is -3.86. The van der Waals surface area contributed by atoms with Crippen LogP contribution in [0, 0.1) is 11.6 Å². The number of halogens is 2. The van der Waals surface area contributed by atoms with Gasteiger partial charge in [0, 0.05) is 12.6 Å². The van der Waals surface area contributed by atoms with E-state index in [9.17, 15) is 22.3 Å². The predicted octanol–water partition coefficient (Wildman–Crippen LogP) is 1.89. The number of sulfonamides is 1. The SMILES string of the molecule is CC(O)CC1CCCN1S(=O)(=O)c1ccc(F)c(F)c1. The van der Waals surface area contributed by atoms with Crippen LogP contribution in [0.3, 0.4) is 0 Å². The maximum atomic E-state index is 13.2. The van der Waals surface area contributed by atoms with E-state index in [0.29, 0.717) is 31.9 Å². The molecule has 7 heteroatoms. The van der Waals surface area contributed by atoms with Crippen LogP contribution in [0.4, 0.5) is 8.78 Å². The van der Waals surface area contributed by atoms with Gasteiger partial charge in [-0.25, -0.2) is 17.2 Å². The molecule has 20 heavy (non-hydrogen) atoms. The Hall–Kier alpha value is -1.05. The highest BCUT2D eigenvalue weighted by Crippen LogP contribution is 2.29. The van der Waals surface area contributed by atoms with E-state index in [1.54, 1.807) is 6.92 Å². The van der Waals surface area contributed by atoms with Crippen molar-refractivity contribution in [1.82, 2.24) is 4.31 Å². The molecule has 2 rings (SSSR count). The third-order valence-corrected chi connectivity index (χ3v) is 5.38. The molecule has 1 saturated heterocycles. The van der Waals surface area contributed by atoms with Crippen molar-refractivity contribution in [3.05, 3.63) is 29.8 Å². The van der Waals surface area contributed by atoms with Crippen molar-refractivity contribution in [2.75, 3.05) is 6.54 Å². The fraction of sp³-hybridized carbons (Fsp3) is 0.538. The van der Waals surface area contributed by atoms with Gasteiger partial charge in [-0.05, 0) is 44.4 Å². The first-order valence-corrected chi connectivity index (χ1v) is 7.91. The molecular formula is C13H17F2NO3S. The summed E-state index contributed by atoms with van der Waals surface area (Å²) in [6, 6.07) is 2.27. The topological polar surface area (TPSA) is 57.6 Å². The van der Waals surface area contributed by atoms with Crippen molar-refractivity contribution in [3.63, 3.8) is 0 Å². The predicted molar refractivity (Wildman–Crippen MR) is 69.6 cm³/mol. The van der Waals surface area contributed by atoms with E-state index in [1.165, 1.54) is 4.31 Å². The molecule has 0 bridgehead atoms. The van der Waals surface area contributed by atoms with Crippen LogP contribution in [0.5, 0.6) is 0 Å². The Bertz CT molecular complexity index is 589. The van der Waals surface area contributed by atoms with E-state index in [0.717, 1.165) is 12.1 Å². The molecule has 1 heterocycles. The second-order valence-corrected chi connectivity index (χ2v) is 6.96. The van der Waals surface area contributed by atoms with Gasteiger partial charge in [-0.2, -0.15) is 4.31 Å². The van der Waals surface area contributed by atoms with Crippen molar-refractivity contribution in [1.29, 1.82) is 0 Å². The lowest BCUT2D eigenvalue weighted by molar-refractivity contribution is 0.158. The molecule has 112 valence electrons. The maximum absolute atomic E-state index is 13.2. The Balaban J connectivity index is 2.31. The first-order chi connectivity index (χ1) is 9.32. The van der Waals surface area contributed by atoms with E-state index in [-0.39, 0.29) is 10.9 Å². The molecule has 2 atom stereocenters. The van der Waals surface area contributed by atoms with E-state index in [2.05, 4.69) is 0 Å². The molecule has 1 fully saturated rings. The zero-order valence-corrected chi connectivity index (χ0v) is 11.9. The summed E-state index contributed by atoms with van der Waals surface area (Å²) < 4.78 is 52.3. The van der Waals surface area contributed by atoms with Gasteiger partial charge in [0.2, 0.25) is 10.0 Å². The van der Waals surface area contributed by atoms with Crippen LogP contribution in [0.25, 0.3) is 0 Å². The Morgan fingerprint density at radius 1 is 1.40 bits per heavy atom. The van der Waals surface area contributed by atoms with Gasteiger partial charge in [-0.3, -0.25) is 0 Å². The van der Waals surface area contributed by atoms with Crippen molar-refractivity contribution >= 4 is 10.0 Å². The average Bonchev–Trinajstić information content (AvgIpc) is 2.80. The van der Waals surface area contributed by atoms with Gasteiger partial charge in [-0.15, -0.1) is 0 Å². The molecule has 1 aliphatic heterocycles. The Kier molecular flexibility index (Phi) is 4.41. The van der Waals surface area contributed by atoms with Gasteiger partial charge < -0.3 is 5.11 Å². The average molecular weight is 305 g/mol. The number of hydrogen-bond donors (Lipinski definition) is 1. The Morgan fingerprint density at radius 3 is 2.70 bits per heavy atom. The number of nitrogens with zero attached hydrogens (tertiary/aromatic N) is 1. The van der Waals surface area contributed by atoms with Gasteiger partial charge in [0.25, 0.3) is 0 Å². The lowest BCUT2D eigenvalue weighted by Gasteiger charge is -2.25. The van der Waals surface area contributed by atoms with Crippen LogP contribution in [0.15, 0.2) is 23.1 Å². The van der Waals surface area contributed by atoms with Gasteiger partial charge >= 0.3 is 0 Å². The minimum Gasteiger partial charge on any atom is -0.393 e. The van der Waals surface area contributed by atoms with Gasteiger partial charge in [0.15, 0.2) is 11.6 Å². The molecule has 1 aliphatic rings. The molecule has 0 radical (unpaired) electrons. The zero-order chi connectivity index (χ0) is 14.9. The van der Waals surface area contributed by atoms with E-state index in [4.69, 9.17) is 0 Å². The number of aliphatic hydroxyl groups is 1. The van der Waals surface area contributed by atoms with Gasteiger partial charge in [0.1, 0.15) is 0 Å². The van der Waals surface area contributed by atoms with Crippen molar-refractivity contribution in [3.8, 4) is 0 Å². The summed E-state index contributed by atoms with van der Waals surface area (Å²) in [6.45, 7) is 1.93. The minimum atomic E-state index is -3.86. The summed E-state index contributed by atoms with van der Waals surface area (Å²) >= 11 is 0. The van der Waals surface area contributed by atoms with Crippen LogP contribution >= 0.6 is 0 Å². The maximum Gasteiger partial charge on any atom is 0.243 e. The highest BCUT2D eigenvalue weighted by molar-refractivity contribution is 7.89. The summed E-state index contributed by atoms with van der Waals surface area (Å²) in [5, 5.41) is 9.42. The van der Waals surface area contributed by atoms with E-state index in [1.807, 2.05) is 0 Å². The molecular weight excluding hydrogens is 288 g/mol. The van der Waals surface area contributed by atoms with Crippen molar-refractivity contribution < 1.29 is 22.3 Å². The van der Waals surface area contributed by atoms with E-state index < -0.39 is 27.8 Å². The largest absolute Gasteiger partial charge is 0.393 e. The van der Waals surface area contributed by atoms with Crippen LogP contribution in [0.1, 0.15) is 26.2 Å². The molecule has 0 amide bonds. The summed E-state index contributed by atoms with van der Waals surface area (Å²) in [6.07, 6.45) is 1.08. The van der Waals surface area contributed by atoms with Crippen LogP contribution in [-0.2, 0) is 10.0 Å². The summed E-state index contributed by atoms with van der Waals surface area (Å²) in [5.74, 6) is -2.26. The number of hydrogen-bond acceptors (Lipinski definition) is 3. The van der Waals surface area contributed by atoms with Crippen molar-refractivity contribution in [2.45, 2.75) is 43.2 Å². The second kappa shape index (κ2) is 5.75. The Labute approximate surface area is 117 Å². The molecule has 0 aromatic heterocycles. The summed E-state index contributed by atoms with van der Waals surface area (Å²) in [5.41, 5.74) is 0. The van der Waals surface area contributed by atoms with Crippen LogP contribution < -0.4 is 0 Å². The molecule has 1 aromatic carbocycles. The smallest absolute Gasteiger partial charge is 0.243 e. The molecule has 1 aromatic rings. The molecule has 0 aliphatic carbocycles. The standard InChI is InChI=1S/C13H17F2NO3S/c1-9(17)7-10-3-2-6-16(10)20(18,19)11-4-5-12(14)13(15)8-11/h4-5,8-10,17H,2-3,6-7H2,1H3.